The van der Waals surface area contributed by atoms with E-state index in [1.807, 2.05) is 42.5 Å². The third-order valence-corrected chi connectivity index (χ3v) is 5.22. The van der Waals surface area contributed by atoms with Gasteiger partial charge in [-0.2, -0.15) is 0 Å². The first kappa shape index (κ1) is 20.0. The smallest absolute Gasteiger partial charge is 0.287 e. The first-order valence-electron chi connectivity index (χ1n) is 10.1. The van der Waals surface area contributed by atoms with Crippen LogP contribution in [0, 0.1) is 0 Å². The van der Waals surface area contributed by atoms with Crippen LogP contribution in [0.5, 0.6) is 5.75 Å². The number of benzene rings is 1. The zero-order valence-electron chi connectivity index (χ0n) is 17.1. The van der Waals surface area contributed by atoms with E-state index in [9.17, 15) is 4.79 Å². The fraction of sp³-hybridized carbons (Fsp3) is 0.304. The molecule has 0 unspecified atom stereocenters. The number of piperazine rings is 1. The summed E-state index contributed by atoms with van der Waals surface area (Å²) < 4.78 is 11.3. The Hall–Kier alpha value is -3.32. The van der Waals surface area contributed by atoms with Crippen LogP contribution in [0.15, 0.2) is 65.2 Å². The number of hydrogen-bond acceptors (Lipinski definition) is 6. The van der Waals surface area contributed by atoms with Gasteiger partial charge in [0, 0.05) is 32.4 Å². The molecule has 156 valence electrons. The maximum absolute atomic E-state index is 12.3. The van der Waals surface area contributed by atoms with E-state index in [-0.39, 0.29) is 5.91 Å². The van der Waals surface area contributed by atoms with Gasteiger partial charge in [0.05, 0.1) is 31.6 Å². The fourth-order valence-electron chi connectivity index (χ4n) is 3.60. The van der Waals surface area contributed by atoms with Crippen molar-refractivity contribution in [3.63, 3.8) is 0 Å². The van der Waals surface area contributed by atoms with Crippen LogP contribution < -0.4 is 15.0 Å². The molecule has 0 atom stereocenters. The Balaban J connectivity index is 1.28. The quantitative estimate of drug-likeness (QED) is 0.651. The van der Waals surface area contributed by atoms with Gasteiger partial charge < -0.3 is 19.4 Å². The van der Waals surface area contributed by atoms with E-state index in [0.29, 0.717) is 18.8 Å². The lowest BCUT2D eigenvalue weighted by Gasteiger charge is -2.36. The number of amides is 1. The summed E-state index contributed by atoms with van der Waals surface area (Å²) in [4.78, 5) is 21.2. The molecule has 1 aliphatic rings. The number of furan rings is 1. The van der Waals surface area contributed by atoms with Gasteiger partial charge >= 0.3 is 0 Å². The van der Waals surface area contributed by atoms with Gasteiger partial charge in [0.2, 0.25) is 0 Å². The SMILES string of the molecule is COc1ccccc1N1CCN(Cc2ccc(C(=O)NCc3ccccn3)o2)CC1. The van der Waals surface area contributed by atoms with E-state index < -0.39 is 0 Å². The second-order valence-electron chi connectivity index (χ2n) is 7.20. The van der Waals surface area contributed by atoms with Crippen molar-refractivity contribution >= 4 is 11.6 Å². The normalized spacial score (nSPS) is 14.5. The Morgan fingerprint density at radius 1 is 1.07 bits per heavy atom. The van der Waals surface area contributed by atoms with Gasteiger partial charge in [-0.3, -0.25) is 14.7 Å². The van der Waals surface area contributed by atoms with Crippen molar-refractivity contribution in [2.24, 2.45) is 0 Å². The number of para-hydroxylation sites is 2. The monoisotopic (exact) mass is 406 g/mol. The highest BCUT2D eigenvalue weighted by molar-refractivity contribution is 5.91. The third kappa shape index (κ3) is 4.80. The molecule has 7 heteroatoms. The topological polar surface area (TPSA) is 70.8 Å². The molecule has 2 aromatic heterocycles. The van der Waals surface area contributed by atoms with Crippen LogP contribution in [0.2, 0.25) is 0 Å². The van der Waals surface area contributed by atoms with Crippen LogP contribution in [-0.4, -0.2) is 49.1 Å². The highest BCUT2D eigenvalue weighted by atomic mass is 16.5. The molecule has 0 bridgehead atoms. The van der Waals surface area contributed by atoms with Crippen molar-refractivity contribution in [3.8, 4) is 5.75 Å². The molecule has 1 aliphatic heterocycles. The zero-order valence-corrected chi connectivity index (χ0v) is 17.1. The van der Waals surface area contributed by atoms with Gasteiger partial charge in [0.1, 0.15) is 11.5 Å². The highest BCUT2D eigenvalue weighted by Gasteiger charge is 2.21. The lowest BCUT2D eigenvalue weighted by molar-refractivity contribution is 0.0918. The summed E-state index contributed by atoms with van der Waals surface area (Å²) in [7, 11) is 1.70. The number of pyridine rings is 1. The lowest BCUT2D eigenvalue weighted by Crippen LogP contribution is -2.46. The molecular weight excluding hydrogens is 380 g/mol. The van der Waals surface area contributed by atoms with Crippen LogP contribution in [-0.2, 0) is 13.1 Å². The van der Waals surface area contributed by atoms with E-state index in [4.69, 9.17) is 9.15 Å². The Bertz CT molecular complexity index is 965. The summed E-state index contributed by atoms with van der Waals surface area (Å²) in [6.45, 7) is 4.73. The minimum absolute atomic E-state index is 0.229. The maximum atomic E-state index is 12.3. The summed E-state index contributed by atoms with van der Waals surface area (Å²) in [5.41, 5.74) is 1.94. The Labute approximate surface area is 176 Å². The van der Waals surface area contributed by atoms with Crippen LogP contribution in [0.3, 0.4) is 0 Å². The standard InChI is InChI=1S/C23H26N4O3/c1-29-21-8-3-2-7-20(21)27-14-12-26(13-15-27)17-19-9-10-22(30-19)23(28)25-16-18-6-4-5-11-24-18/h2-11H,12-17H2,1H3,(H,25,28). The van der Waals surface area contributed by atoms with Crippen LogP contribution in [0.25, 0.3) is 0 Å². The average molecular weight is 406 g/mol. The van der Waals surface area contributed by atoms with Crippen molar-refractivity contribution < 1.29 is 13.9 Å². The Kier molecular flexibility index (Phi) is 6.29. The minimum Gasteiger partial charge on any atom is -0.495 e. The van der Waals surface area contributed by atoms with Gasteiger partial charge in [-0.05, 0) is 36.4 Å². The largest absolute Gasteiger partial charge is 0.495 e. The van der Waals surface area contributed by atoms with E-state index in [1.165, 1.54) is 0 Å². The van der Waals surface area contributed by atoms with Gasteiger partial charge in [0.15, 0.2) is 5.76 Å². The predicted octanol–water partition coefficient (Wildman–Crippen LogP) is 2.94. The molecule has 3 heterocycles. The van der Waals surface area contributed by atoms with Gasteiger partial charge in [0.25, 0.3) is 5.91 Å². The number of methoxy groups -OCH3 is 1. The van der Waals surface area contributed by atoms with Crippen molar-refractivity contribution in [2.45, 2.75) is 13.1 Å². The lowest BCUT2D eigenvalue weighted by atomic mass is 10.2. The van der Waals surface area contributed by atoms with E-state index in [1.54, 1.807) is 19.4 Å². The molecule has 1 fully saturated rings. The van der Waals surface area contributed by atoms with Crippen molar-refractivity contribution in [1.82, 2.24) is 15.2 Å². The Morgan fingerprint density at radius 3 is 2.63 bits per heavy atom. The first-order chi connectivity index (χ1) is 14.7. The second kappa shape index (κ2) is 9.45. The number of carbonyl (C=O) groups is 1. The number of carbonyl (C=O) groups excluding carboxylic acids is 1. The molecule has 0 radical (unpaired) electrons. The van der Waals surface area contributed by atoms with E-state index >= 15 is 0 Å². The number of ether oxygens (including phenoxy) is 1. The summed E-state index contributed by atoms with van der Waals surface area (Å²) in [6, 6.07) is 17.3. The third-order valence-electron chi connectivity index (χ3n) is 5.22. The van der Waals surface area contributed by atoms with E-state index in [0.717, 1.165) is 49.1 Å². The average Bonchev–Trinajstić information content (AvgIpc) is 3.27. The molecule has 0 saturated carbocycles. The molecule has 1 amide bonds. The summed E-state index contributed by atoms with van der Waals surface area (Å²) >= 11 is 0. The number of rotatable bonds is 7. The fourth-order valence-corrected chi connectivity index (χ4v) is 3.60. The van der Waals surface area contributed by atoms with Crippen LogP contribution in [0.4, 0.5) is 5.69 Å². The molecule has 3 aromatic rings. The summed E-state index contributed by atoms with van der Waals surface area (Å²) in [6.07, 6.45) is 1.71. The minimum atomic E-state index is -0.229. The number of hydrogen-bond donors (Lipinski definition) is 1. The Morgan fingerprint density at radius 2 is 1.87 bits per heavy atom. The molecule has 1 saturated heterocycles. The summed E-state index contributed by atoms with van der Waals surface area (Å²) in [5, 5.41) is 2.84. The zero-order chi connectivity index (χ0) is 20.8. The van der Waals surface area contributed by atoms with E-state index in [2.05, 4.69) is 26.2 Å². The van der Waals surface area contributed by atoms with Crippen LogP contribution >= 0.6 is 0 Å². The van der Waals surface area contributed by atoms with Gasteiger partial charge in [-0.1, -0.05) is 18.2 Å². The number of aromatic nitrogens is 1. The molecule has 30 heavy (non-hydrogen) atoms. The molecule has 1 aromatic carbocycles. The number of anilines is 1. The molecule has 0 aliphatic carbocycles. The number of nitrogens with one attached hydrogen (secondary N) is 1. The molecular formula is C23H26N4O3. The molecule has 7 nitrogen and oxygen atoms in total. The molecule has 1 N–H and O–H groups in total. The first-order valence-corrected chi connectivity index (χ1v) is 10.1. The predicted molar refractivity (Wildman–Crippen MR) is 115 cm³/mol. The van der Waals surface area contributed by atoms with Crippen LogP contribution in [0.1, 0.15) is 22.0 Å². The maximum Gasteiger partial charge on any atom is 0.287 e. The number of nitrogens with zero attached hydrogens (tertiary/aromatic N) is 3. The van der Waals surface area contributed by atoms with Crippen molar-refractivity contribution in [3.05, 3.63) is 78.0 Å². The second-order valence-corrected chi connectivity index (χ2v) is 7.20. The van der Waals surface area contributed by atoms with Gasteiger partial charge in [-0.15, -0.1) is 0 Å². The molecule has 0 spiro atoms. The van der Waals surface area contributed by atoms with Crippen molar-refractivity contribution in [2.75, 3.05) is 38.2 Å². The molecule has 4 rings (SSSR count). The summed E-state index contributed by atoms with van der Waals surface area (Å²) in [5.74, 6) is 1.79. The van der Waals surface area contributed by atoms with Crippen molar-refractivity contribution in [1.29, 1.82) is 0 Å². The van der Waals surface area contributed by atoms with Gasteiger partial charge in [-0.25, -0.2) is 0 Å². The highest BCUT2D eigenvalue weighted by Crippen LogP contribution is 2.28.